The number of hydrogen-bond acceptors (Lipinski definition) is 3. The van der Waals surface area contributed by atoms with Crippen LogP contribution in [0.2, 0.25) is 0 Å². The van der Waals surface area contributed by atoms with Crippen LogP contribution in [0.3, 0.4) is 0 Å². The van der Waals surface area contributed by atoms with E-state index in [0.717, 1.165) is 25.7 Å². The molecule has 3 atom stereocenters. The van der Waals surface area contributed by atoms with Gasteiger partial charge in [0.15, 0.2) is 0 Å². The first kappa shape index (κ1) is 18.4. The molecule has 3 unspecified atom stereocenters. The lowest BCUT2D eigenvalue weighted by atomic mass is 9.79. The number of nitrogens with zero attached hydrogens (tertiary/aromatic N) is 1. The summed E-state index contributed by atoms with van der Waals surface area (Å²) in [7, 11) is 0. The highest BCUT2D eigenvalue weighted by Gasteiger charge is 2.51. The van der Waals surface area contributed by atoms with Gasteiger partial charge >= 0.3 is 0 Å². The largest absolute Gasteiger partial charge is 0.307 e. The maximum absolute atomic E-state index is 13.0. The van der Waals surface area contributed by atoms with Gasteiger partial charge in [0.2, 0.25) is 11.8 Å². The molecule has 132 valence electrons. The maximum atomic E-state index is 13.0. The molecule has 2 rings (SSSR count). The van der Waals surface area contributed by atoms with Crippen molar-refractivity contribution in [1.29, 1.82) is 0 Å². The van der Waals surface area contributed by atoms with Crippen molar-refractivity contribution >= 4 is 11.8 Å². The van der Waals surface area contributed by atoms with Crippen LogP contribution in [0.4, 0.5) is 0 Å². The summed E-state index contributed by atoms with van der Waals surface area (Å²) in [5, 5.41) is 3.63. The molecule has 0 aliphatic carbocycles. The number of piperidine rings is 1. The lowest BCUT2D eigenvalue weighted by Gasteiger charge is -2.48. The van der Waals surface area contributed by atoms with Crippen molar-refractivity contribution in [3.8, 4) is 0 Å². The Labute approximate surface area is 141 Å². The Hall–Kier alpha value is -0.900. The van der Waals surface area contributed by atoms with E-state index in [1.54, 1.807) is 4.90 Å². The zero-order valence-corrected chi connectivity index (χ0v) is 15.9. The topological polar surface area (TPSA) is 49.4 Å². The number of carbonyl (C=O) groups excluding carboxylic acids is 2. The smallest absolute Gasteiger partial charge is 0.233 e. The first-order valence-corrected chi connectivity index (χ1v) is 9.13. The molecule has 2 amide bonds. The van der Waals surface area contributed by atoms with Crippen molar-refractivity contribution in [2.45, 2.75) is 91.3 Å². The van der Waals surface area contributed by atoms with Gasteiger partial charge in [-0.3, -0.25) is 14.5 Å². The zero-order valence-electron chi connectivity index (χ0n) is 15.9. The second kappa shape index (κ2) is 6.19. The number of likely N-dealkylation sites (tertiary alicyclic amines) is 1. The summed E-state index contributed by atoms with van der Waals surface area (Å²) < 4.78 is 0. The highest BCUT2D eigenvalue weighted by atomic mass is 16.2. The molecule has 0 aromatic carbocycles. The van der Waals surface area contributed by atoms with E-state index in [-0.39, 0.29) is 40.8 Å². The van der Waals surface area contributed by atoms with Crippen LogP contribution >= 0.6 is 0 Å². The molecule has 2 fully saturated rings. The molecule has 23 heavy (non-hydrogen) atoms. The monoisotopic (exact) mass is 322 g/mol. The van der Waals surface area contributed by atoms with Gasteiger partial charge in [0.1, 0.15) is 0 Å². The molecule has 1 N–H and O–H groups in total. The first-order chi connectivity index (χ1) is 10.5. The summed E-state index contributed by atoms with van der Waals surface area (Å²) in [6.07, 6.45) is 3.54. The number of rotatable bonds is 4. The molecule has 0 aromatic rings. The highest BCUT2D eigenvalue weighted by Crippen LogP contribution is 2.38. The van der Waals surface area contributed by atoms with Crippen LogP contribution in [-0.4, -0.2) is 33.8 Å². The van der Waals surface area contributed by atoms with Gasteiger partial charge in [0, 0.05) is 23.0 Å². The first-order valence-electron chi connectivity index (χ1n) is 9.13. The maximum Gasteiger partial charge on any atom is 0.233 e. The molecule has 2 saturated heterocycles. The number of amides is 2. The highest BCUT2D eigenvalue weighted by molar-refractivity contribution is 6.05. The summed E-state index contributed by atoms with van der Waals surface area (Å²) in [6, 6.07) is 0.0191. The molecular weight excluding hydrogens is 288 g/mol. The Kier molecular flexibility index (Phi) is 4.97. The van der Waals surface area contributed by atoms with Crippen LogP contribution in [0.1, 0.15) is 74.1 Å². The SMILES string of the molecule is CCC(C)CC1C(=O)N(C2CC(C)(C)NC(C)(C)C2)C(=O)C1C. The minimum absolute atomic E-state index is 0.0191. The third-order valence-electron chi connectivity index (χ3n) is 5.67. The Balaban J connectivity index is 2.22. The molecule has 0 bridgehead atoms. The van der Waals surface area contributed by atoms with E-state index in [9.17, 15) is 9.59 Å². The lowest BCUT2D eigenvalue weighted by Crippen LogP contribution is -2.63. The lowest BCUT2D eigenvalue weighted by molar-refractivity contribution is -0.144. The van der Waals surface area contributed by atoms with Gasteiger partial charge in [-0.05, 0) is 52.9 Å². The van der Waals surface area contributed by atoms with Gasteiger partial charge in [0.05, 0.1) is 5.92 Å². The van der Waals surface area contributed by atoms with E-state index in [1.165, 1.54) is 0 Å². The van der Waals surface area contributed by atoms with E-state index in [0.29, 0.717) is 5.92 Å². The van der Waals surface area contributed by atoms with Gasteiger partial charge in [-0.15, -0.1) is 0 Å². The van der Waals surface area contributed by atoms with E-state index in [1.807, 2.05) is 6.92 Å². The van der Waals surface area contributed by atoms with Gasteiger partial charge in [-0.1, -0.05) is 27.2 Å². The van der Waals surface area contributed by atoms with Gasteiger partial charge in [-0.2, -0.15) is 0 Å². The van der Waals surface area contributed by atoms with Crippen molar-refractivity contribution in [3.05, 3.63) is 0 Å². The third-order valence-corrected chi connectivity index (χ3v) is 5.67. The molecule has 0 saturated carbocycles. The minimum Gasteiger partial charge on any atom is -0.307 e. The van der Waals surface area contributed by atoms with Crippen molar-refractivity contribution < 1.29 is 9.59 Å². The standard InChI is InChI=1S/C19H34N2O2/c1-8-12(2)9-15-13(3)16(22)21(17(15)23)14-10-18(4,5)20-19(6,7)11-14/h12-15,20H,8-11H2,1-7H3. The molecule has 0 aromatic heterocycles. The van der Waals surface area contributed by atoms with Crippen molar-refractivity contribution in [3.63, 3.8) is 0 Å². The quantitative estimate of drug-likeness (QED) is 0.808. The summed E-state index contributed by atoms with van der Waals surface area (Å²) in [5.41, 5.74) is -0.129. The zero-order chi connectivity index (χ0) is 17.6. The number of hydrogen-bond donors (Lipinski definition) is 1. The average Bonchev–Trinajstić information content (AvgIpc) is 2.59. The average molecular weight is 322 g/mol. The predicted octanol–water partition coefficient (Wildman–Crippen LogP) is 3.35. The second-order valence-electron chi connectivity index (χ2n) is 9.15. The molecule has 2 aliphatic rings. The van der Waals surface area contributed by atoms with Crippen LogP contribution < -0.4 is 5.32 Å². The van der Waals surface area contributed by atoms with Crippen LogP contribution in [-0.2, 0) is 9.59 Å². The van der Waals surface area contributed by atoms with Crippen LogP contribution in [0.15, 0.2) is 0 Å². The minimum atomic E-state index is -0.169. The summed E-state index contributed by atoms with van der Waals surface area (Å²) in [5.74, 6) is 0.305. The van der Waals surface area contributed by atoms with E-state index in [4.69, 9.17) is 0 Å². The Morgan fingerprint density at radius 3 is 2.13 bits per heavy atom. The number of carbonyl (C=O) groups is 2. The summed E-state index contributed by atoms with van der Waals surface area (Å²) in [6.45, 7) is 14.9. The fourth-order valence-corrected chi connectivity index (χ4v) is 4.61. The Morgan fingerprint density at radius 1 is 1.13 bits per heavy atom. The van der Waals surface area contributed by atoms with Crippen molar-refractivity contribution in [2.75, 3.05) is 0 Å². The molecule has 0 spiro atoms. The molecule has 4 heteroatoms. The second-order valence-corrected chi connectivity index (χ2v) is 9.15. The van der Waals surface area contributed by atoms with E-state index < -0.39 is 0 Å². The van der Waals surface area contributed by atoms with Gasteiger partial charge < -0.3 is 5.32 Å². The van der Waals surface area contributed by atoms with Crippen molar-refractivity contribution in [1.82, 2.24) is 10.2 Å². The Bertz CT molecular complexity index is 468. The number of nitrogens with one attached hydrogen (secondary N) is 1. The third kappa shape index (κ3) is 3.78. The van der Waals surface area contributed by atoms with Crippen LogP contribution in [0.5, 0.6) is 0 Å². The number of imide groups is 1. The molecule has 0 radical (unpaired) electrons. The van der Waals surface area contributed by atoms with Gasteiger partial charge in [0.25, 0.3) is 0 Å². The van der Waals surface area contributed by atoms with Crippen LogP contribution in [0.25, 0.3) is 0 Å². The molecule has 2 aliphatic heterocycles. The summed E-state index contributed by atoms with van der Waals surface area (Å²) >= 11 is 0. The molecule has 2 heterocycles. The van der Waals surface area contributed by atoms with Gasteiger partial charge in [-0.25, -0.2) is 0 Å². The fourth-order valence-electron chi connectivity index (χ4n) is 4.61. The van der Waals surface area contributed by atoms with Crippen molar-refractivity contribution in [2.24, 2.45) is 17.8 Å². The van der Waals surface area contributed by atoms with Crippen LogP contribution in [0, 0.1) is 17.8 Å². The summed E-state index contributed by atoms with van der Waals surface area (Å²) in [4.78, 5) is 27.4. The van der Waals surface area contributed by atoms with E-state index >= 15 is 0 Å². The molecule has 4 nitrogen and oxygen atoms in total. The normalized spacial score (nSPS) is 32.4. The fraction of sp³-hybridized carbons (Fsp3) is 0.895. The Morgan fingerprint density at radius 2 is 1.65 bits per heavy atom. The van der Waals surface area contributed by atoms with E-state index in [2.05, 4.69) is 46.9 Å². The predicted molar refractivity (Wildman–Crippen MR) is 92.9 cm³/mol. The molecular formula is C19H34N2O2.